The van der Waals surface area contributed by atoms with Gasteiger partial charge in [-0.15, -0.1) is 0 Å². The lowest BCUT2D eigenvalue weighted by Crippen LogP contribution is -2.40. The minimum Gasteiger partial charge on any atom is -0.430 e. The molecule has 0 spiro atoms. The van der Waals surface area contributed by atoms with Crippen LogP contribution in [0.1, 0.15) is 36.1 Å². The van der Waals surface area contributed by atoms with Gasteiger partial charge >= 0.3 is 6.09 Å². The Balaban J connectivity index is 2.03. The van der Waals surface area contributed by atoms with Crippen molar-refractivity contribution in [1.82, 2.24) is 4.90 Å². The summed E-state index contributed by atoms with van der Waals surface area (Å²) in [7, 11) is 0. The Bertz CT molecular complexity index is 931. The van der Waals surface area contributed by atoms with Gasteiger partial charge in [0.05, 0.1) is 0 Å². The van der Waals surface area contributed by atoms with Gasteiger partial charge in [-0.25, -0.2) is 9.69 Å². The molecule has 3 aromatic rings. The van der Waals surface area contributed by atoms with Crippen LogP contribution in [-0.4, -0.2) is 16.9 Å². The summed E-state index contributed by atoms with van der Waals surface area (Å²) in [5, 5.41) is 0. The van der Waals surface area contributed by atoms with Crippen LogP contribution in [0.3, 0.4) is 0 Å². The molecule has 1 aliphatic heterocycles. The summed E-state index contributed by atoms with van der Waals surface area (Å²) in [6.07, 6.45) is -0.397. The molecule has 1 unspecified atom stereocenters. The van der Waals surface area contributed by atoms with Crippen LogP contribution in [0.4, 0.5) is 4.79 Å². The number of imide groups is 1. The van der Waals surface area contributed by atoms with Crippen molar-refractivity contribution in [1.29, 1.82) is 0 Å². The lowest BCUT2D eigenvalue weighted by Gasteiger charge is -2.35. The fourth-order valence-corrected chi connectivity index (χ4v) is 3.94. The molecule has 1 aliphatic rings. The van der Waals surface area contributed by atoms with E-state index in [1.54, 1.807) is 6.92 Å². The maximum absolute atomic E-state index is 13.0. The number of carbonyl (C=O) groups is 2. The molecule has 0 saturated carbocycles. The van der Waals surface area contributed by atoms with Crippen molar-refractivity contribution in [3.8, 4) is 0 Å². The lowest BCUT2D eigenvalue weighted by molar-refractivity contribution is -0.129. The van der Waals surface area contributed by atoms with E-state index in [0.29, 0.717) is 0 Å². The molecule has 1 saturated heterocycles. The van der Waals surface area contributed by atoms with Gasteiger partial charge < -0.3 is 4.74 Å². The van der Waals surface area contributed by atoms with Crippen molar-refractivity contribution < 1.29 is 14.3 Å². The molecule has 1 heterocycles. The van der Waals surface area contributed by atoms with E-state index in [9.17, 15) is 9.59 Å². The molecule has 4 rings (SSSR count). The second-order valence-electron chi connectivity index (χ2n) is 6.77. The lowest BCUT2D eigenvalue weighted by atomic mass is 9.77. The first kappa shape index (κ1) is 18.0. The summed E-state index contributed by atoms with van der Waals surface area (Å²) in [6, 6.07) is 28.3. The van der Waals surface area contributed by atoms with Crippen LogP contribution in [0.15, 0.2) is 91.0 Å². The Morgan fingerprint density at radius 1 is 0.857 bits per heavy atom. The van der Waals surface area contributed by atoms with Crippen molar-refractivity contribution >= 4 is 12.0 Å². The van der Waals surface area contributed by atoms with Gasteiger partial charge in [0.2, 0.25) is 5.91 Å². The highest BCUT2D eigenvalue weighted by Crippen LogP contribution is 2.52. The Labute approximate surface area is 164 Å². The average molecular weight is 371 g/mol. The highest BCUT2D eigenvalue weighted by Gasteiger charge is 2.58. The summed E-state index contributed by atoms with van der Waals surface area (Å²) >= 11 is 0. The number of cyclic esters (lactones) is 1. The zero-order valence-corrected chi connectivity index (χ0v) is 15.6. The van der Waals surface area contributed by atoms with Crippen molar-refractivity contribution in [3.63, 3.8) is 0 Å². The summed E-state index contributed by atoms with van der Waals surface area (Å²) in [5.74, 6) is -0.257. The molecule has 0 aromatic heterocycles. The van der Waals surface area contributed by atoms with Crippen LogP contribution < -0.4 is 0 Å². The topological polar surface area (TPSA) is 46.6 Å². The zero-order chi connectivity index (χ0) is 19.6. The Morgan fingerprint density at radius 2 is 1.32 bits per heavy atom. The first-order chi connectivity index (χ1) is 13.7. The molecule has 140 valence electrons. The highest BCUT2D eigenvalue weighted by atomic mass is 16.6. The van der Waals surface area contributed by atoms with Crippen LogP contribution in [0, 0.1) is 0 Å². The van der Waals surface area contributed by atoms with Crippen LogP contribution in [0.25, 0.3) is 0 Å². The third-order valence-corrected chi connectivity index (χ3v) is 5.18. The third-order valence-electron chi connectivity index (χ3n) is 5.18. The Kier molecular flexibility index (Phi) is 4.70. The molecular weight excluding hydrogens is 350 g/mol. The van der Waals surface area contributed by atoms with Gasteiger partial charge in [0.1, 0.15) is 6.04 Å². The standard InChI is InChI=1S/C24H21NO3/c1-2-21(26)25-22(18-12-6-3-7-13-18)24(28-23(25)27,19-14-8-4-9-15-19)20-16-10-5-11-17-20/h3-17,22H,2H2,1H3. The number of nitrogens with zero attached hydrogens (tertiary/aromatic N) is 1. The smallest absolute Gasteiger partial charge is 0.418 e. The second-order valence-corrected chi connectivity index (χ2v) is 6.77. The number of hydrogen-bond donors (Lipinski definition) is 0. The summed E-state index contributed by atoms with van der Waals surface area (Å²) in [5.41, 5.74) is 1.39. The third kappa shape index (κ3) is 2.78. The largest absolute Gasteiger partial charge is 0.430 e. The van der Waals surface area contributed by atoms with E-state index in [0.717, 1.165) is 16.7 Å². The zero-order valence-electron chi connectivity index (χ0n) is 15.6. The molecule has 28 heavy (non-hydrogen) atoms. The molecule has 0 aliphatic carbocycles. The summed E-state index contributed by atoms with van der Waals surface area (Å²) in [6.45, 7) is 1.75. The van der Waals surface area contributed by atoms with E-state index in [-0.39, 0.29) is 12.3 Å². The second kappa shape index (κ2) is 7.31. The molecule has 2 amide bonds. The monoisotopic (exact) mass is 371 g/mol. The van der Waals surface area contributed by atoms with Gasteiger partial charge in [-0.1, -0.05) is 97.9 Å². The van der Waals surface area contributed by atoms with Crippen molar-refractivity contribution in [2.75, 3.05) is 0 Å². The van der Waals surface area contributed by atoms with Gasteiger partial charge in [-0.3, -0.25) is 4.79 Å². The SMILES string of the molecule is CCC(=O)N1C(=O)OC(c2ccccc2)(c2ccccc2)C1c1ccccc1. The van der Waals surface area contributed by atoms with Crippen LogP contribution in [-0.2, 0) is 15.1 Å². The van der Waals surface area contributed by atoms with E-state index in [2.05, 4.69) is 0 Å². The molecule has 4 nitrogen and oxygen atoms in total. The number of ether oxygens (including phenoxy) is 1. The van der Waals surface area contributed by atoms with E-state index in [1.807, 2.05) is 91.0 Å². The number of hydrogen-bond acceptors (Lipinski definition) is 3. The van der Waals surface area contributed by atoms with Gasteiger partial charge in [-0.2, -0.15) is 0 Å². The van der Waals surface area contributed by atoms with E-state index < -0.39 is 17.7 Å². The van der Waals surface area contributed by atoms with Crippen LogP contribution >= 0.6 is 0 Å². The molecule has 4 heteroatoms. The van der Waals surface area contributed by atoms with Crippen molar-refractivity contribution in [2.45, 2.75) is 25.0 Å². The Hall–Kier alpha value is -3.40. The molecule has 0 N–H and O–H groups in total. The molecule has 0 radical (unpaired) electrons. The minimum atomic E-state index is -1.12. The van der Waals surface area contributed by atoms with Gasteiger partial charge in [0.25, 0.3) is 0 Å². The van der Waals surface area contributed by atoms with Gasteiger partial charge in [-0.05, 0) is 5.56 Å². The first-order valence-electron chi connectivity index (χ1n) is 9.39. The maximum atomic E-state index is 13.0. The van der Waals surface area contributed by atoms with Crippen molar-refractivity contribution in [3.05, 3.63) is 108 Å². The molecule has 0 bridgehead atoms. The van der Waals surface area contributed by atoms with Gasteiger partial charge in [0.15, 0.2) is 5.60 Å². The molecular formula is C24H21NO3. The molecule has 1 atom stereocenters. The highest BCUT2D eigenvalue weighted by molar-refractivity contribution is 5.94. The molecule has 3 aromatic carbocycles. The quantitative estimate of drug-likeness (QED) is 0.644. The molecule has 1 fully saturated rings. The summed E-state index contributed by atoms with van der Waals surface area (Å²) in [4.78, 5) is 27.1. The van der Waals surface area contributed by atoms with Crippen LogP contribution in [0.5, 0.6) is 0 Å². The first-order valence-corrected chi connectivity index (χ1v) is 9.39. The predicted molar refractivity (Wildman–Crippen MR) is 106 cm³/mol. The average Bonchev–Trinajstić information content (AvgIpc) is 3.09. The number of rotatable bonds is 4. The van der Waals surface area contributed by atoms with Crippen molar-refractivity contribution in [2.24, 2.45) is 0 Å². The van der Waals surface area contributed by atoms with E-state index >= 15 is 0 Å². The number of carbonyl (C=O) groups excluding carboxylic acids is 2. The number of benzene rings is 3. The van der Waals surface area contributed by atoms with E-state index in [1.165, 1.54) is 4.90 Å². The predicted octanol–water partition coefficient (Wildman–Crippen LogP) is 5.06. The Morgan fingerprint density at radius 3 is 1.79 bits per heavy atom. The van der Waals surface area contributed by atoms with Crippen LogP contribution in [0.2, 0.25) is 0 Å². The minimum absolute atomic E-state index is 0.220. The maximum Gasteiger partial charge on any atom is 0.418 e. The fraction of sp³-hybridized carbons (Fsp3) is 0.167. The normalized spacial score (nSPS) is 18.0. The summed E-state index contributed by atoms with van der Waals surface area (Å²) < 4.78 is 6.09. The number of amides is 2. The fourth-order valence-electron chi connectivity index (χ4n) is 3.94. The van der Waals surface area contributed by atoms with Gasteiger partial charge in [0, 0.05) is 17.5 Å². The van der Waals surface area contributed by atoms with E-state index in [4.69, 9.17) is 4.74 Å².